The molecule has 0 radical (unpaired) electrons. The van der Waals surface area contributed by atoms with Crippen LogP contribution in [0.5, 0.6) is 11.8 Å². The molecule has 0 bridgehead atoms. The molecule has 0 aliphatic heterocycles. The molecule has 2 aromatic heterocycles. The van der Waals surface area contributed by atoms with E-state index in [-0.39, 0.29) is 11.8 Å². The van der Waals surface area contributed by atoms with Gasteiger partial charge in [0.05, 0.1) is 56.7 Å². The predicted molar refractivity (Wildman–Crippen MR) is 190 cm³/mol. The van der Waals surface area contributed by atoms with Gasteiger partial charge in [-0.25, -0.2) is 19.3 Å². The Morgan fingerprint density at radius 2 is 0.771 bits per heavy atom. The summed E-state index contributed by atoms with van der Waals surface area (Å²) in [5, 5.41) is 32.6. The normalized spacial score (nSPS) is 12.0. The molecule has 234 valence electrons. The Bertz CT molecular complexity index is 2090. The number of rotatable bonds is 8. The maximum Gasteiger partial charge on any atom is 0.224 e. The van der Waals surface area contributed by atoms with Gasteiger partial charge in [-0.3, -0.25) is 0 Å². The zero-order chi connectivity index (χ0) is 33.0. The van der Waals surface area contributed by atoms with Gasteiger partial charge in [-0.2, -0.15) is 10.2 Å². The van der Waals surface area contributed by atoms with Gasteiger partial charge in [0, 0.05) is 11.1 Å². The van der Waals surface area contributed by atoms with E-state index in [1.165, 1.54) is 9.36 Å². The molecule has 7 rings (SSSR count). The molecule has 0 spiro atoms. The zero-order valence-electron chi connectivity index (χ0n) is 26.4. The van der Waals surface area contributed by atoms with Crippen LogP contribution in [0.4, 0.5) is 11.4 Å². The summed E-state index contributed by atoms with van der Waals surface area (Å²) < 4.78 is 3.05. The van der Waals surface area contributed by atoms with Crippen LogP contribution >= 0.6 is 0 Å². The Labute approximate surface area is 278 Å². The summed E-state index contributed by atoms with van der Waals surface area (Å²) in [5.74, 6) is -0.0257. The third kappa shape index (κ3) is 5.78. The topological polar surface area (TPSA) is 101 Å². The van der Waals surface area contributed by atoms with E-state index in [0.717, 1.165) is 22.5 Å². The van der Waals surface area contributed by atoms with Crippen LogP contribution in [0.25, 0.3) is 11.4 Å². The average molecular weight is 629 g/mol. The van der Waals surface area contributed by atoms with E-state index in [2.05, 4.69) is 10.2 Å². The van der Waals surface area contributed by atoms with Crippen LogP contribution < -0.4 is 0 Å². The summed E-state index contributed by atoms with van der Waals surface area (Å²) in [4.78, 5) is 10.4. The number of hydrogen-bond donors (Lipinski definition) is 2. The summed E-state index contributed by atoms with van der Waals surface area (Å²) in [6.45, 7) is 3.72. The van der Waals surface area contributed by atoms with Crippen LogP contribution in [0.15, 0.2) is 156 Å². The van der Waals surface area contributed by atoms with Gasteiger partial charge >= 0.3 is 0 Å². The predicted octanol–water partition coefficient (Wildman–Crippen LogP) is 8.42. The quantitative estimate of drug-likeness (QED) is 0.165. The highest BCUT2D eigenvalue weighted by Crippen LogP contribution is 2.35. The second-order valence-corrected chi connectivity index (χ2v) is 11.2. The van der Waals surface area contributed by atoms with E-state index in [1.807, 2.05) is 159 Å². The second kappa shape index (κ2) is 13.1. The van der Waals surface area contributed by atoms with E-state index >= 15 is 0 Å². The van der Waals surface area contributed by atoms with Gasteiger partial charge in [0.15, 0.2) is 0 Å². The molecule has 0 fully saturated rings. The minimum atomic E-state index is -0.0128. The van der Waals surface area contributed by atoms with Crippen LogP contribution in [0.3, 0.4) is 0 Å². The molecule has 0 amide bonds. The fourth-order valence-corrected chi connectivity index (χ4v) is 5.70. The van der Waals surface area contributed by atoms with Crippen molar-refractivity contribution in [2.24, 2.45) is 9.98 Å². The lowest BCUT2D eigenvalue weighted by Gasteiger charge is -2.11. The second-order valence-electron chi connectivity index (χ2n) is 11.2. The number of benzene rings is 5. The first-order valence-corrected chi connectivity index (χ1v) is 15.6. The lowest BCUT2D eigenvalue weighted by Crippen LogP contribution is -2.05. The molecule has 5 aromatic carbocycles. The van der Waals surface area contributed by atoms with Crippen molar-refractivity contribution in [1.82, 2.24) is 19.6 Å². The van der Waals surface area contributed by atoms with Crippen molar-refractivity contribution in [3.8, 4) is 23.1 Å². The molecule has 7 aromatic rings. The van der Waals surface area contributed by atoms with Gasteiger partial charge in [0.25, 0.3) is 0 Å². The summed E-state index contributed by atoms with van der Waals surface area (Å²) in [6.07, 6.45) is 0. The molecular weight excluding hydrogens is 596 g/mol. The Hall–Kier alpha value is -6.54. The number of aryl methyl sites for hydroxylation is 2. The molecule has 0 atom stereocenters. The first-order valence-electron chi connectivity index (χ1n) is 15.6. The average Bonchev–Trinajstić information content (AvgIpc) is 3.60. The Morgan fingerprint density at radius 3 is 1.12 bits per heavy atom. The number of nitrogens with zero attached hydrogens (tertiary/aromatic N) is 6. The van der Waals surface area contributed by atoms with Crippen LogP contribution in [0.2, 0.25) is 0 Å². The first-order chi connectivity index (χ1) is 23.5. The lowest BCUT2D eigenvalue weighted by molar-refractivity contribution is 0.432. The highest BCUT2D eigenvalue weighted by molar-refractivity contribution is 6.18. The van der Waals surface area contributed by atoms with E-state index < -0.39 is 0 Å². The van der Waals surface area contributed by atoms with Gasteiger partial charge in [0.2, 0.25) is 11.8 Å². The van der Waals surface area contributed by atoms with Crippen LogP contribution in [0, 0.1) is 13.8 Å². The van der Waals surface area contributed by atoms with Gasteiger partial charge in [-0.05, 0) is 50.2 Å². The Morgan fingerprint density at radius 1 is 0.458 bits per heavy atom. The Kier molecular flexibility index (Phi) is 8.20. The number of aromatic hydroxyl groups is 2. The number of aliphatic imine (C=N–C) groups is 2. The third-order valence-corrected chi connectivity index (χ3v) is 7.99. The molecule has 2 N–H and O–H groups in total. The molecule has 8 heteroatoms. The standard InChI is InChI=1S/C40H32N6O2/c1-27-35(39(47)45(43-27)31-21-11-5-12-22-31)37(29-17-7-3-8-18-29)41-33-25-15-16-26-34(33)42-38(30-19-9-4-10-20-30)36-28(2)44-46(40(36)48)32-23-13-6-14-24-32/h3-26,47-48H,1-2H3. The fraction of sp³-hybridized carbons (Fsp3) is 0.0500. The maximum absolute atomic E-state index is 11.6. The van der Waals surface area contributed by atoms with Crippen molar-refractivity contribution in [1.29, 1.82) is 0 Å². The number of aromatic nitrogens is 4. The van der Waals surface area contributed by atoms with E-state index in [1.54, 1.807) is 0 Å². The zero-order valence-corrected chi connectivity index (χ0v) is 26.4. The molecule has 2 heterocycles. The SMILES string of the molecule is Cc1nn(-c2ccccc2)c(O)c1C(=Nc1ccccc1N=C(c1ccccc1)c1c(C)nn(-c2ccccc2)c1O)c1ccccc1. The molecule has 0 saturated carbocycles. The van der Waals surface area contributed by atoms with Gasteiger partial charge in [-0.1, -0.05) is 109 Å². The van der Waals surface area contributed by atoms with Crippen LogP contribution in [-0.4, -0.2) is 41.2 Å². The molecule has 0 aliphatic rings. The van der Waals surface area contributed by atoms with Crippen molar-refractivity contribution in [2.75, 3.05) is 0 Å². The molecule has 48 heavy (non-hydrogen) atoms. The largest absolute Gasteiger partial charge is 0.493 e. The van der Waals surface area contributed by atoms with Gasteiger partial charge in [0.1, 0.15) is 0 Å². The summed E-state index contributed by atoms with van der Waals surface area (Å²) in [5.41, 5.74) is 7.62. The lowest BCUT2D eigenvalue weighted by atomic mass is 10.0. The minimum absolute atomic E-state index is 0.0128. The molecular formula is C40H32N6O2. The highest BCUT2D eigenvalue weighted by Gasteiger charge is 2.24. The summed E-state index contributed by atoms with van der Waals surface area (Å²) in [7, 11) is 0. The van der Waals surface area contributed by atoms with Crippen molar-refractivity contribution in [3.63, 3.8) is 0 Å². The van der Waals surface area contributed by atoms with Crippen molar-refractivity contribution in [3.05, 3.63) is 179 Å². The maximum atomic E-state index is 11.6. The van der Waals surface area contributed by atoms with Gasteiger partial charge < -0.3 is 10.2 Å². The highest BCUT2D eigenvalue weighted by atomic mass is 16.3. The number of hydrogen-bond acceptors (Lipinski definition) is 6. The van der Waals surface area contributed by atoms with Crippen molar-refractivity contribution in [2.45, 2.75) is 13.8 Å². The fourth-order valence-electron chi connectivity index (χ4n) is 5.70. The first kappa shape index (κ1) is 30.1. The number of para-hydroxylation sites is 4. The van der Waals surface area contributed by atoms with Gasteiger partial charge in [-0.15, -0.1) is 0 Å². The Balaban J connectivity index is 1.43. The molecule has 0 unspecified atom stereocenters. The van der Waals surface area contributed by atoms with E-state index in [4.69, 9.17) is 9.98 Å². The summed E-state index contributed by atoms with van der Waals surface area (Å²) >= 11 is 0. The third-order valence-electron chi connectivity index (χ3n) is 7.99. The minimum Gasteiger partial charge on any atom is -0.493 e. The molecule has 0 saturated heterocycles. The van der Waals surface area contributed by atoms with Crippen LogP contribution in [0.1, 0.15) is 33.6 Å². The van der Waals surface area contributed by atoms with E-state index in [9.17, 15) is 10.2 Å². The monoisotopic (exact) mass is 628 g/mol. The van der Waals surface area contributed by atoms with Crippen LogP contribution in [-0.2, 0) is 0 Å². The van der Waals surface area contributed by atoms with Crippen molar-refractivity contribution >= 4 is 22.8 Å². The van der Waals surface area contributed by atoms with E-state index in [0.29, 0.717) is 45.3 Å². The summed E-state index contributed by atoms with van der Waals surface area (Å²) in [6, 6.07) is 46.0. The van der Waals surface area contributed by atoms with Crippen molar-refractivity contribution < 1.29 is 10.2 Å². The molecule has 8 nitrogen and oxygen atoms in total. The molecule has 0 aliphatic carbocycles. The smallest absolute Gasteiger partial charge is 0.224 e.